The highest BCUT2D eigenvalue weighted by atomic mass is 32.1. The molecule has 0 radical (unpaired) electrons. The standard InChI is InChI=1S/C13H13N5O2S/c1-9(7-10-3-2-6-21-10)15-11-4-5-12-14-8-13(18(19)20)17(12)16-11/h2-6,8-9H,7H2,1H3,(H,15,16). The Morgan fingerprint density at radius 1 is 1.48 bits per heavy atom. The van der Waals surface area contributed by atoms with Crippen LogP contribution in [-0.4, -0.2) is 25.6 Å². The summed E-state index contributed by atoms with van der Waals surface area (Å²) < 4.78 is 1.24. The van der Waals surface area contributed by atoms with Crippen LogP contribution < -0.4 is 5.32 Å². The molecule has 1 N–H and O–H groups in total. The van der Waals surface area contributed by atoms with Crippen LogP contribution in [0.5, 0.6) is 0 Å². The largest absolute Gasteiger partial charge is 0.368 e. The summed E-state index contributed by atoms with van der Waals surface area (Å²) in [7, 11) is 0. The molecule has 0 amide bonds. The monoisotopic (exact) mass is 303 g/mol. The molecule has 0 aliphatic heterocycles. The summed E-state index contributed by atoms with van der Waals surface area (Å²) in [4.78, 5) is 15.6. The van der Waals surface area contributed by atoms with Gasteiger partial charge in [-0.25, -0.2) is 4.98 Å². The van der Waals surface area contributed by atoms with E-state index in [0.717, 1.165) is 6.42 Å². The number of rotatable bonds is 5. The Balaban J connectivity index is 1.80. The summed E-state index contributed by atoms with van der Waals surface area (Å²) in [6, 6.07) is 7.76. The van der Waals surface area contributed by atoms with Gasteiger partial charge in [0.15, 0.2) is 5.82 Å². The molecule has 3 aromatic rings. The van der Waals surface area contributed by atoms with Crippen molar-refractivity contribution in [3.05, 3.63) is 50.8 Å². The maximum atomic E-state index is 10.9. The summed E-state index contributed by atoms with van der Waals surface area (Å²) in [5, 5.41) is 20.4. The Morgan fingerprint density at radius 2 is 2.33 bits per heavy atom. The van der Waals surface area contributed by atoms with E-state index in [2.05, 4.69) is 21.5 Å². The zero-order valence-electron chi connectivity index (χ0n) is 11.3. The van der Waals surface area contributed by atoms with Crippen molar-refractivity contribution in [2.75, 3.05) is 5.32 Å². The molecule has 0 bridgehead atoms. The molecule has 0 saturated carbocycles. The Kier molecular flexibility index (Phi) is 3.53. The maximum absolute atomic E-state index is 10.9. The fourth-order valence-electron chi connectivity index (χ4n) is 2.10. The Labute approximate surface area is 124 Å². The SMILES string of the molecule is CC(Cc1cccs1)Nc1ccc2ncc([N+](=O)[O-])n2n1. The first-order chi connectivity index (χ1) is 10.1. The first-order valence-electron chi connectivity index (χ1n) is 6.41. The van der Waals surface area contributed by atoms with Gasteiger partial charge in [-0.3, -0.25) is 0 Å². The smallest absolute Gasteiger partial charge is 0.364 e. The Bertz CT molecular complexity index is 768. The summed E-state index contributed by atoms with van der Waals surface area (Å²) in [5.74, 6) is 0.451. The number of nitrogens with zero attached hydrogens (tertiary/aromatic N) is 4. The van der Waals surface area contributed by atoms with Crippen LogP contribution in [0.15, 0.2) is 35.8 Å². The molecular formula is C13H13N5O2S. The van der Waals surface area contributed by atoms with E-state index < -0.39 is 4.92 Å². The van der Waals surface area contributed by atoms with Gasteiger partial charge in [0, 0.05) is 23.4 Å². The summed E-state index contributed by atoms with van der Waals surface area (Å²) in [5.41, 5.74) is 0.457. The first kappa shape index (κ1) is 13.5. The van der Waals surface area contributed by atoms with Gasteiger partial charge in [-0.2, -0.15) is 0 Å². The molecule has 0 fully saturated rings. The lowest BCUT2D eigenvalue weighted by atomic mass is 10.2. The lowest BCUT2D eigenvalue weighted by Crippen LogP contribution is -2.19. The van der Waals surface area contributed by atoms with Gasteiger partial charge >= 0.3 is 5.82 Å². The fourth-order valence-corrected chi connectivity index (χ4v) is 2.93. The van der Waals surface area contributed by atoms with Gasteiger partial charge < -0.3 is 15.4 Å². The predicted molar refractivity (Wildman–Crippen MR) is 80.7 cm³/mol. The van der Waals surface area contributed by atoms with Crippen LogP contribution in [0, 0.1) is 10.1 Å². The van der Waals surface area contributed by atoms with Gasteiger partial charge in [-0.05, 0) is 29.4 Å². The normalized spacial score (nSPS) is 12.4. The molecule has 1 atom stereocenters. The van der Waals surface area contributed by atoms with Crippen LogP contribution in [-0.2, 0) is 6.42 Å². The Morgan fingerprint density at radius 3 is 3.05 bits per heavy atom. The van der Waals surface area contributed by atoms with Gasteiger partial charge in [0.05, 0.1) is 0 Å². The third-order valence-electron chi connectivity index (χ3n) is 3.01. The quantitative estimate of drug-likeness (QED) is 0.578. The van der Waals surface area contributed by atoms with E-state index in [4.69, 9.17) is 0 Å². The second-order valence-corrected chi connectivity index (χ2v) is 5.72. The summed E-state index contributed by atoms with van der Waals surface area (Å²) >= 11 is 1.71. The van der Waals surface area contributed by atoms with Crippen LogP contribution in [0.3, 0.4) is 0 Å². The highest BCUT2D eigenvalue weighted by Gasteiger charge is 2.16. The van der Waals surface area contributed by atoms with Crippen molar-refractivity contribution in [3.8, 4) is 0 Å². The van der Waals surface area contributed by atoms with Crippen molar-refractivity contribution in [2.45, 2.75) is 19.4 Å². The molecule has 3 aromatic heterocycles. The van der Waals surface area contributed by atoms with E-state index in [0.29, 0.717) is 11.5 Å². The molecule has 0 aliphatic rings. The maximum Gasteiger partial charge on any atom is 0.368 e. The average Bonchev–Trinajstić information content (AvgIpc) is 3.06. The van der Waals surface area contributed by atoms with Crippen LogP contribution in [0.1, 0.15) is 11.8 Å². The van der Waals surface area contributed by atoms with Crippen LogP contribution in [0.2, 0.25) is 0 Å². The molecule has 7 nitrogen and oxygen atoms in total. The number of anilines is 1. The molecule has 0 saturated heterocycles. The second kappa shape index (κ2) is 5.49. The highest BCUT2D eigenvalue weighted by molar-refractivity contribution is 7.09. The predicted octanol–water partition coefficient (Wildman–Crippen LogP) is 2.74. The topological polar surface area (TPSA) is 85.4 Å². The molecule has 0 spiro atoms. The van der Waals surface area contributed by atoms with Crippen molar-refractivity contribution in [2.24, 2.45) is 0 Å². The number of hydrogen-bond acceptors (Lipinski definition) is 6. The number of aromatic nitrogens is 3. The van der Waals surface area contributed by atoms with Crippen LogP contribution in [0.4, 0.5) is 11.6 Å². The summed E-state index contributed by atoms with van der Waals surface area (Å²) in [6.07, 6.45) is 2.09. The van der Waals surface area contributed by atoms with Gasteiger partial charge in [0.2, 0.25) is 5.65 Å². The van der Waals surface area contributed by atoms with E-state index in [1.165, 1.54) is 15.6 Å². The number of nitrogens with one attached hydrogen (secondary N) is 1. The minimum Gasteiger partial charge on any atom is -0.364 e. The van der Waals surface area contributed by atoms with E-state index in [1.807, 2.05) is 18.4 Å². The molecule has 8 heteroatoms. The van der Waals surface area contributed by atoms with E-state index in [-0.39, 0.29) is 11.9 Å². The first-order valence-corrected chi connectivity index (χ1v) is 7.29. The number of hydrogen-bond donors (Lipinski definition) is 1. The minimum absolute atomic E-state index is 0.139. The lowest BCUT2D eigenvalue weighted by Gasteiger charge is -2.12. The van der Waals surface area contributed by atoms with Gasteiger partial charge in [-0.15, -0.1) is 11.3 Å². The van der Waals surface area contributed by atoms with E-state index in [9.17, 15) is 10.1 Å². The van der Waals surface area contributed by atoms with E-state index in [1.54, 1.807) is 23.5 Å². The molecule has 0 aliphatic carbocycles. The number of thiophene rings is 1. The van der Waals surface area contributed by atoms with Crippen LogP contribution >= 0.6 is 11.3 Å². The highest BCUT2D eigenvalue weighted by Crippen LogP contribution is 2.17. The van der Waals surface area contributed by atoms with Gasteiger partial charge in [0.1, 0.15) is 6.20 Å². The molecule has 0 aromatic carbocycles. The number of imidazole rings is 1. The zero-order chi connectivity index (χ0) is 14.8. The zero-order valence-corrected chi connectivity index (χ0v) is 12.1. The third kappa shape index (κ3) is 2.84. The molecule has 3 heterocycles. The van der Waals surface area contributed by atoms with Crippen molar-refractivity contribution in [1.29, 1.82) is 0 Å². The molecule has 1 unspecified atom stereocenters. The van der Waals surface area contributed by atoms with Crippen molar-refractivity contribution in [1.82, 2.24) is 14.6 Å². The molecule has 108 valence electrons. The number of fused-ring (bicyclic) bond motifs is 1. The van der Waals surface area contributed by atoms with Gasteiger partial charge in [0.25, 0.3) is 0 Å². The van der Waals surface area contributed by atoms with Crippen molar-refractivity contribution in [3.63, 3.8) is 0 Å². The van der Waals surface area contributed by atoms with Gasteiger partial charge in [-0.1, -0.05) is 15.7 Å². The van der Waals surface area contributed by atoms with Crippen molar-refractivity contribution < 1.29 is 4.92 Å². The molecule has 21 heavy (non-hydrogen) atoms. The lowest BCUT2D eigenvalue weighted by molar-refractivity contribution is -0.391. The van der Waals surface area contributed by atoms with Crippen molar-refractivity contribution >= 4 is 28.6 Å². The second-order valence-electron chi connectivity index (χ2n) is 4.69. The average molecular weight is 303 g/mol. The fraction of sp³-hybridized carbons (Fsp3) is 0.231. The van der Waals surface area contributed by atoms with E-state index >= 15 is 0 Å². The molecular weight excluding hydrogens is 290 g/mol. The molecule has 3 rings (SSSR count). The number of nitro groups is 1. The summed E-state index contributed by atoms with van der Waals surface area (Å²) in [6.45, 7) is 2.05. The Hall–Kier alpha value is -2.48. The van der Waals surface area contributed by atoms with Crippen LogP contribution in [0.25, 0.3) is 5.65 Å². The third-order valence-corrected chi connectivity index (χ3v) is 3.91. The minimum atomic E-state index is -0.494.